The molecule has 0 heterocycles. The quantitative estimate of drug-likeness (QED) is 0.387. The lowest BCUT2D eigenvalue weighted by molar-refractivity contribution is -0.0952. The zero-order chi connectivity index (χ0) is 20.2. The topological polar surface area (TPSA) is 39.8 Å². The van der Waals surface area contributed by atoms with Crippen molar-refractivity contribution in [2.75, 3.05) is 0 Å². The Labute approximate surface area is 171 Å². The summed E-state index contributed by atoms with van der Waals surface area (Å²) in [6, 6.07) is 36.9. The van der Waals surface area contributed by atoms with Gasteiger partial charge >= 0.3 is 0 Å². The fraction of sp³-hybridized carbons (Fsp3) is 0.111. The highest BCUT2D eigenvalue weighted by molar-refractivity contribution is 5.42. The van der Waals surface area contributed by atoms with Gasteiger partial charge in [0.05, 0.1) is 0 Å². The van der Waals surface area contributed by atoms with E-state index >= 15 is 0 Å². The van der Waals surface area contributed by atoms with Crippen LogP contribution in [0.5, 0.6) is 0 Å². The standard InChI is InChI=1S/C27H22O2/c28-26(22-13-5-1-6-14-22,23-15-7-2-8-16-23)21-27(29,24-17-9-3-10-18-24)25-19-11-4-12-20-25/h1-20H,21H2. The molecule has 0 aliphatic heterocycles. The van der Waals surface area contributed by atoms with E-state index in [0.717, 1.165) is 0 Å². The summed E-state index contributed by atoms with van der Waals surface area (Å²) in [5, 5.41) is 28.9. The van der Waals surface area contributed by atoms with Crippen LogP contribution in [0.1, 0.15) is 28.7 Å². The molecule has 0 spiro atoms. The van der Waals surface area contributed by atoms with Crippen LogP contribution < -0.4 is 0 Å². The van der Waals surface area contributed by atoms with Crippen LogP contribution >= 0.6 is 0 Å². The van der Waals surface area contributed by atoms with Gasteiger partial charge in [0.15, 0.2) is 11.2 Å². The van der Waals surface area contributed by atoms with Crippen LogP contribution in [0, 0.1) is 0 Å². The fourth-order valence-electron chi connectivity index (χ4n) is 3.92. The van der Waals surface area contributed by atoms with Crippen molar-refractivity contribution in [2.45, 2.75) is 17.6 Å². The highest BCUT2D eigenvalue weighted by Crippen LogP contribution is 2.45. The Bertz CT molecular complexity index is 863. The predicted molar refractivity (Wildman–Crippen MR) is 113 cm³/mol. The lowest BCUT2D eigenvalue weighted by atomic mass is 9.72. The first-order valence-corrected chi connectivity index (χ1v) is 9.76. The maximum Gasteiger partial charge on any atom is 0.157 e. The minimum absolute atomic E-state index is 0.137. The molecule has 0 bridgehead atoms. The number of rotatable bonds is 6. The molecule has 29 heavy (non-hydrogen) atoms. The second-order valence-corrected chi connectivity index (χ2v) is 7.29. The van der Waals surface area contributed by atoms with E-state index < -0.39 is 11.2 Å². The second kappa shape index (κ2) is 8.04. The van der Waals surface area contributed by atoms with E-state index in [1.54, 1.807) is 0 Å². The molecule has 0 aromatic heterocycles. The third kappa shape index (κ3) is 3.73. The predicted octanol–water partition coefficient (Wildman–Crippen LogP) is 6.13. The van der Waals surface area contributed by atoms with Gasteiger partial charge in [0.2, 0.25) is 0 Å². The largest absolute Gasteiger partial charge is 0.219 e. The Balaban J connectivity index is 1.91. The van der Waals surface area contributed by atoms with Crippen LogP contribution in [0.25, 0.3) is 0 Å². The summed E-state index contributed by atoms with van der Waals surface area (Å²) in [4.78, 5) is 0. The van der Waals surface area contributed by atoms with E-state index in [1.165, 1.54) is 0 Å². The van der Waals surface area contributed by atoms with E-state index in [9.17, 15) is 10.2 Å². The van der Waals surface area contributed by atoms with E-state index in [0.29, 0.717) is 22.3 Å². The molecule has 0 unspecified atom stereocenters. The van der Waals surface area contributed by atoms with E-state index in [1.807, 2.05) is 121 Å². The number of hydrogen-bond donors (Lipinski definition) is 0. The van der Waals surface area contributed by atoms with Crippen molar-refractivity contribution in [3.63, 3.8) is 0 Å². The Morgan fingerprint density at radius 1 is 0.379 bits per heavy atom. The van der Waals surface area contributed by atoms with Gasteiger partial charge in [-0.2, -0.15) is 0 Å². The third-order valence-electron chi connectivity index (χ3n) is 5.46. The molecule has 0 aliphatic carbocycles. The molecular weight excluding hydrogens is 356 g/mol. The molecular formula is C27H22O2. The van der Waals surface area contributed by atoms with Crippen LogP contribution in [-0.4, -0.2) is 0 Å². The smallest absolute Gasteiger partial charge is 0.157 e. The molecule has 0 saturated carbocycles. The fourth-order valence-corrected chi connectivity index (χ4v) is 3.92. The third-order valence-corrected chi connectivity index (χ3v) is 5.46. The molecule has 0 aliphatic rings. The van der Waals surface area contributed by atoms with Crippen molar-refractivity contribution in [1.82, 2.24) is 0 Å². The van der Waals surface area contributed by atoms with E-state index in [4.69, 9.17) is 0 Å². The van der Waals surface area contributed by atoms with Crippen molar-refractivity contribution in [3.05, 3.63) is 144 Å². The van der Waals surface area contributed by atoms with Gasteiger partial charge in [-0.1, -0.05) is 121 Å². The molecule has 142 valence electrons. The Hall–Kier alpha value is -3.20. The number of hydrogen-bond acceptors (Lipinski definition) is 0. The van der Waals surface area contributed by atoms with E-state index in [2.05, 4.69) is 0 Å². The van der Waals surface area contributed by atoms with Crippen LogP contribution in [-0.2, 0) is 21.4 Å². The first-order chi connectivity index (χ1) is 14.1. The SMILES string of the molecule is [O]C(CC([O])(c1ccccc1)c1ccccc1)(c1ccccc1)c1ccccc1. The van der Waals surface area contributed by atoms with Crippen molar-refractivity contribution in [1.29, 1.82) is 0 Å². The van der Waals surface area contributed by atoms with Gasteiger partial charge in [-0.15, -0.1) is 0 Å². The normalized spacial score (nSPS) is 11.9. The van der Waals surface area contributed by atoms with Gasteiger partial charge in [0.1, 0.15) is 0 Å². The minimum Gasteiger partial charge on any atom is -0.219 e. The summed E-state index contributed by atoms with van der Waals surface area (Å²) in [7, 11) is 0. The molecule has 2 nitrogen and oxygen atoms in total. The van der Waals surface area contributed by atoms with Gasteiger partial charge < -0.3 is 0 Å². The monoisotopic (exact) mass is 378 g/mol. The first kappa shape index (κ1) is 19.1. The average Bonchev–Trinajstić information content (AvgIpc) is 2.81. The Morgan fingerprint density at radius 2 is 0.586 bits per heavy atom. The molecule has 4 rings (SSSR count). The maximum atomic E-state index is 14.5. The van der Waals surface area contributed by atoms with Crippen molar-refractivity contribution in [3.8, 4) is 0 Å². The molecule has 4 aromatic rings. The molecule has 0 N–H and O–H groups in total. The number of benzene rings is 4. The average molecular weight is 378 g/mol. The van der Waals surface area contributed by atoms with Crippen LogP contribution in [0.3, 0.4) is 0 Å². The molecule has 2 heteroatoms. The zero-order valence-corrected chi connectivity index (χ0v) is 16.1. The zero-order valence-electron chi connectivity index (χ0n) is 16.1. The highest BCUT2D eigenvalue weighted by Gasteiger charge is 2.46. The summed E-state index contributed by atoms with van der Waals surface area (Å²) >= 11 is 0. The van der Waals surface area contributed by atoms with Gasteiger partial charge in [0, 0.05) is 6.42 Å². The van der Waals surface area contributed by atoms with Crippen LogP contribution in [0.15, 0.2) is 121 Å². The molecule has 2 radical (unpaired) electrons. The summed E-state index contributed by atoms with van der Waals surface area (Å²) in [6.07, 6.45) is -0.137. The van der Waals surface area contributed by atoms with Crippen molar-refractivity contribution in [2.24, 2.45) is 0 Å². The lowest BCUT2D eigenvalue weighted by Gasteiger charge is -2.36. The van der Waals surface area contributed by atoms with Crippen LogP contribution in [0.2, 0.25) is 0 Å². The highest BCUT2D eigenvalue weighted by atomic mass is 16.3. The van der Waals surface area contributed by atoms with Crippen molar-refractivity contribution >= 4 is 0 Å². The Kier molecular flexibility index (Phi) is 5.30. The summed E-state index contributed by atoms with van der Waals surface area (Å²) in [5.41, 5.74) is -0.987. The molecule has 0 saturated heterocycles. The molecule has 4 aromatic carbocycles. The first-order valence-electron chi connectivity index (χ1n) is 9.76. The maximum absolute atomic E-state index is 14.5. The Morgan fingerprint density at radius 3 is 0.793 bits per heavy atom. The van der Waals surface area contributed by atoms with Gasteiger partial charge in [-0.25, -0.2) is 10.2 Å². The molecule has 0 amide bonds. The van der Waals surface area contributed by atoms with Crippen LogP contribution in [0.4, 0.5) is 0 Å². The summed E-state index contributed by atoms with van der Waals surface area (Å²) in [5.74, 6) is 0. The van der Waals surface area contributed by atoms with E-state index in [-0.39, 0.29) is 6.42 Å². The molecule has 0 atom stereocenters. The van der Waals surface area contributed by atoms with Gasteiger partial charge in [-0.05, 0) is 22.3 Å². The molecule has 0 fully saturated rings. The van der Waals surface area contributed by atoms with Crippen molar-refractivity contribution < 1.29 is 10.2 Å². The van der Waals surface area contributed by atoms with Gasteiger partial charge in [-0.3, -0.25) is 0 Å². The second-order valence-electron chi connectivity index (χ2n) is 7.29. The summed E-state index contributed by atoms with van der Waals surface area (Å²) in [6.45, 7) is 0. The summed E-state index contributed by atoms with van der Waals surface area (Å²) < 4.78 is 0. The van der Waals surface area contributed by atoms with Gasteiger partial charge in [0.25, 0.3) is 0 Å². The minimum atomic E-state index is -1.68. The lowest BCUT2D eigenvalue weighted by Crippen LogP contribution is -2.38.